The number of nitrogens with zero attached hydrogens (tertiary/aromatic N) is 2. The molecule has 1 amide bonds. The van der Waals surface area contributed by atoms with E-state index in [2.05, 4.69) is 30.1 Å². The fourth-order valence-corrected chi connectivity index (χ4v) is 2.83. The summed E-state index contributed by atoms with van der Waals surface area (Å²) in [5, 5.41) is 3.52. The van der Waals surface area contributed by atoms with Gasteiger partial charge in [-0.25, -0.2) is 0 Å². The molecule has 0 aromatic heterocycles. The molecule has 1 aliphatic heterocycles. The van der Waals surface area contributed by atoms with E-state index in [9.17, 15) is 4.79 Å². The van der Waals surface area contributed by atoms with Crippen molar-refractivity contribution in [2.45, 2.75) is 59.5 Å². The van der Waals surface area contributed by atoms with Crippen LogP contribution in [0.25, 0.3) is 0 Å². The zero-order valence-electron chi connectivity index (χ0n) is 14.5. The molecule has 1 aliphatic rings. The van der Waals surface area contributed by atoms with E-state index >= 15 is 0 Å². The molecule has 1 atom stereocenters. The highest BCUT2D eigenvalue weighted by Gasteiger charge is 2.24. The van der Waals surface area contributed by atoms with Crippen molar-refractivity contribution >= 4 is 5.91 Å². The summed E-state index contributed by atoms with van der Waals surface area (Å²) in [4.78, 5) is 16.7. The first-order valence-electron chi connectivity index (χ1n) is 8.38. The molecular weight excluding hydrogens is 262 g/mol. The van der Waals surface area contributed by atoms with Crippen molar-refractivity contribution in [3.63, 3.8) is 0 Å². The summed E-state index contributed by atoms with van der Waals surface area (Å²) in [6.07, 6.45) is 4.55. The summed E-state index contributed by atoms with van der Waals surface area (Å²) in [6.45, 7) is 15.3. The summed E-state index contributed by atoms with van der Waals surface area (Å²) in [5.74, 6) is 0.229. The third kappa shape index (κ3) is 6.18. The van der Waals surface area contributed by atoms with Crippen molar-refractivity contribution in [1.82, 2.24) is 15.1 Å². The number of likely N-dealkylation sites (N-methyl/N-ethyl adjacent to an activating group) is 1. The zero-order chi connectivity index (χ0) is 15.8. The van der Waals surface area contributed by atoms with E-state index in [0.29, 0.717) is 6.04 Å². The second-order valence-electron chi connectivity index (χ2n) is 6.26. The van der Waals surface area contributed by atoms with E-state index in [1.165, 1.54) is 5.57 Å². The highest BCUT2D eigenvalue weighted by Crippen LogP contribution is 2.12. The molecule has 1 unspecified atom stereocenters. The van der Waals surface area contributed by atoms with Crippen molar-refractivity contribution in [3.05, 3.63) is 11.6 Å². The van der Waals surface area contributed by atoms with Gasteiger partial charge in [-0.2, -0.15) is 0 Å². The van der Waals surface area contributed by atoms with Crippen LogP contribution in [0.2, 0.25) is 0 Å². The van der Waals surface area contributed by atoms with Gasteiger partial charge in [0.25, 0.3) is 0 Å². The van der Waals surface area contributed by atoms with Gasteiger partial charge >= 0.3 is 0 Å². The van der Waals surface area contributed by atoms with E-state index in [1.807, 2.05) is 25.7 Å². The quantitative estimate of drug-likeness (QED) is 0.732. The highest BCUT2D eigenvalue weighted by molar-refractivity contribution is 5.81. The van der Waals surface area contributed by atoms with Crippen LogP contribution in [0.4, 0.5) is 0 Å². The van der Waals surface area contributed by atoms with Crippen LogP contribution in [-0.2, 0) is 4.79 Å². The standard InChI is InChI=1S/C17H33N3O/c1-6-20(7-2)17(21)15(5)18-16-9-12-19(13-10-16)11-8-14(3)4/h8,15-16,18H,6-7,9-13H2,1-5H3. The lowest BCUT2D eigenvalue weighted by molar-refractivity contribution is -0.132. The molecule has 1 saturated heterocycles. The molecular formula is C17H33N3O. The Balaban J connectivity index is 2.35. The van der Waals surface area contributed by atoms with Gasteiger partial charge in [-0.3, -0.25) is 9.69 Å². The molecule has 1 rings (SSSR count). The molecule has 0 aliphatic carbocycles. The second kappa shape index (κ2) is 9.21. The van der Waals surface area contributed by atoms with E-state index in [-0.39, 0.29) is 11.9 Å². The first kappa shape index (κ1) is 18.2. The third-order valence-electron chi connectivity index (χ3n) is 4.28. The lowest BCUT2D eigenvalue weighted by Crippen LogP contribution is -2.51. The Morgan fingerprint density at radius 1 is 1.29 bits per heavy atom. The molecule has 0 bridgehead atoms. The van der Waals surface area contributed by atoms with Crippen molar-refractivity contribution in [2.75, 3.05) is 32.7 Å². The maximum atomic E-state index is 12.3. The first-order chi connectivity index (χ1) is 9.97. The van der Waals surface area contributed by atoms with Crippen LogP contribution in [-0.4, -0.2) is 60.5 Å². The molecule has 1 fully saturated rings. The molecule has 0 aromatic rings. The smallest absolute Gasteiger partial charge is 0.239 e. The Kier molecular flexibility index (Phi) is 7.97. The van der Waals surface area contributed by atoms with Crippen molar-refractivity contribution in [3.8, 4) is 0 Å². The molecule has 0 radical (unpaired) electrons. The lowest BCUT2D eigenvalue weighted by Gasteiger charge is -2.34. The third-order valence-corrected chi connectivity index (χ3v) is 4.28. The van der Waals surface area contributed by atoms with Gasteiger partial charge in [-0.1, -0.05) is 11.6 Å². The Morgan fingerprint density at radius 3 is 2.33 bits per heavy atom. The molecule has 4 heteroatoms. The first-order valence-corrected chi connectivity index (χ1v) is 8.38. The highest BCUT2D eigenvalue weighted by atomic mass is 16.2. The Hall–Kier alpha value is -0.870. The van der Waals surface area contributed by atoms with Crippen LogP contribution in [0.3, 0.4) is 0 Å². The van der Waals surface area contributed by atoms with Crippen LogP contribution in [0.1, 0.15) is 47.5 Å². The van der Waals surface area contributed by atoms with Gasteiger partial charge in [0.05, 0.1) is 6.04 Å². The van der Waals surface area contributed by atoms with Crippen LogP contribution >= 0.6 is 0 Å². The fraction of sp³-hybridized carbons (Fsp3) is 0.824. The van der Waals surface area contributed by atoms with Gasteiger partial charge < -0.3 is 10.2 Å². The summed E-state index contributed by atoms with van der Waals surface area (Å²) < 4.78 is 0. The van der Waals surface area contributed by atoms with Crippen LogP contribution in [0.15, 0.2) is 11.6 Å². The minimum atomic E-state index is -0.0702. The van der Waals surface area contributed by atoms with Gasteiger partial charge in [0.1, 0.15) is 0 Å². The maximum absolute atomic E-state index is 12.3. The molecule has 1 N–H and O–H groups in total. The second-order valence-corrected chi connectivity index (χ2v) is 6.26. The van der Waals surface area contributed by atoms with E-state index in [4.69, 9.17) is 0 Å². The zero-order valence-corrected chi connectivity index (χ0v) is 14.5. The summed E-state index contributed by atoms with van der Waals surface area (Å²) in [6, 6.07) is 0.404. The van der Waals surface area contributed by atoms with Gasteiger partial charge in [-0.15, -0.1) is 0 Å². The molecule has 0 spiro atoms. The van der Waals surface area contributed by atoms with Crippen LogP contribution in [0, 0.1) is 0 Å². The minimum Gasteiger partial charge on any atom is -0.342 e. The average molecular weight is 295 g/mol. The van der Waals surface area contributed by atoms with Gasteiger partial charge in [0, 0.05) is 25.7 Å². The number of piperidine rings is 1. The van der Waals surface area contributed by atoms with Gasteiger partial charge in [0.2, 0.25) is 5.91 Å². The number of allylic oxidation sites excluding steroid dienone is 1. The summed E-state index contributed by atoms with van der Waals surface area (Å²) in [5.41, 5.74) is 1.38. The average Bonchev–Trinajstić information content (AvgIpc) is 2.47. The van der Waals surface area contributed by atoms with E-state index < -0.39 is 0 Å². The summed E-state index contributed by atoms with van der Waals surface area (Å²) >= 11 is 0. The van der Waals surface area contributed by atoms with Crippen molar-refractivity contribution in [1.29, 1.82) is 0 Å². The number of carbonyl (C=O) groups excluding carboxylic acids is 1. The number of nitrogens with one attached hydrogen (secondary N) is 1. The fourth-order valence-electron chi connectivity index (χ4n) is 2.83. The molecule has 21 heavy (non-hydrogen) atoms. The van der Waals surface area contributed by atoms with E-state index in [1.54, 1.807) is 0 Å². The summed E-state index contributed by atoms with van der Waals surface area (Å²) in [7, 11) is 0. The Labute approximate surface area is 130 Å². The lowest BCUT2D eigenvalue weighted by atomic mass is 10.0. The Morgan fingerprint density at radius 2 is 1.86 bits per heavy atom. The number of likely N-dealkylation sites (tertiary alicyclic amines) is 1. The molecule has 4 nitrogen and oxygen atoms in total. The van der Waals surface area contributed by atoms with Crippen molar-refractivity contribution in [2.24, 2.45) is 0 Å². The molecule has 0 saturated carbocycles. The monoisotopic (exact) mass is 295 g/mol. The number of rotatable bonds is 7. The van der Waals surface area contributed by atoms with Crippen LogP contribution in [0.5, 0.6) is 0 Å². The SMILES string of the molecule is CCN(CC)C(=O)C(C)NC1CCN(CC=C(C)C)CC1. The van der Waals surface area contributed by atoms with Gasteiger partial charge in [-0.05, 0) is 60.5 Å². The topological polar surface area (TPSA) is 35.6 Å². The van der Waals surface area contributed by atoms with E-state index in [0.717, 1.165) is 45.6 Å². The van der Waals surface area contributed by atoms with Crippen LogP contribution < -0.4 is 5.32 Å². The van der Waals surface area contributed by atoms with Crippen molar-refractivity contribution < 1.29 is 4.79 Å². The maximum Gasteiger partial charge on any atom is 0.239 e. The number of hydrogen-bond acceptors (Lipinski definition) is 3. The molecule has 1 heterocycles. The molecule has 122 valence electrons. The van der Waals surface area contributed by atoms with Gasteiger partial charge in [0.15, 0.2) is 0 Å². The molecule has 0 aromatic carbocycles. The predicted molar refractivity (Wildman–Crippen MR) is 89.4 cm³/mol. The number of amides is 1. The minimum absolute atomic E-state index is 0.0702. The Bertz CT molecular complexity index is 338. The normalized spacial score (nSPS) is 18.3. The number of hydrogen-bond donors (Lipinski definition) is 1. The predicted octanol–water partition coefficient (Wildman–Crippen LogP) is 2.26. The number of carbonyl (C=O) groups is 1. The largest absolute Gasteiger partial charge is 0.342 e.